The van der Waals surface area contributed by atoms with Gasteiger partial charge in [0, 0.05) is 28.7 Å². The number of aromatic amines is 1. The van der Waals surface area contributed by atoms with Crippen molar-refractivity contribution in [1.29, 1.82) is 0 Å². The topological polar surface area (TPSA) is 57.2 Å². The number of nitrogens with zero attached hydrogens (tertiary/aromatic N) is 1. The van der Waals surface area contributed by atoms with Gasteiger partial charge in [-0.15, -0.1) is 0 Å². The molecule has 4 rings (SSSR count). The van der Waals surface area contributed by atoms with Gasteiger partial charge in [-0.3, -0.25) is 4.79 Å². The second-order valence-electron chi connectivity index (χ2n) is 5.43. The third-order valence-corrected chi connectivity index (χ3v) is 4.30. The molecule has 2 aromatic rings. The van der Waals surface area contributed by atoms with Crippen LogP contribution in [0, 0.1) is 11.8 Å². The number of H-pyrrole nitrogens is 1. The van der Waals surface area contributed by atoms with Crippen LogP contribution in [-0.2, 0) is 0 Å². The van der Waals surface area contributed by atoms with Crippen molar-refractivity contribution in [3.05, 3.63) is 48.2 Å². The summed E-state index contributed by atoms with van der Waals surface area (Å²) in [5.74, 6) is 1.03. The number of hydrazone groups is 1. The Bertz CT molecular complexity index is 741. The molecule has 0 unspecified atom stereocenters. The molecule has 0 radical (unpaired) electrons. The molecule has 0 aliphatic heterocycles. The number of rotatable bonds is 2. The average Bonchev–Trinajstić information content (AvgIpc) is 3.03. The summed E-state index contributed by atoms with van der Waals surface area (Å²) in [6, 6.07) is 7.77. The number of para-hydroxylation sites is 1. The number of amides is 1. The molecule has 1 heterocycles. The van der Waals surface area contributed by atoms with Crippen LogP contribution >= 0.6 is 0 Å². The lowest BCUT2D eigenvalue weighted by atomic mass is 9.74. The molecular weight excluding hydrogens is 250 g/mol. The highest BCUT2D eigenvalue weighted by Crippen LogP contribution is 2.40. The predicted octanol–water partition coefficient (Wildman–Crippen LogP) is 2.85. The van der Waals surface area contributed by atoms with Gasteiger partial charge in [0.15, 0.2) is 0 Å². The Kier molecular flexibility index (Phi) is 2.49. The van der Waals surface area contributed by atoms with E-state index in [1.165, 1.54) is 0 Å². The number of hydrogen-bond acceptors (Lipinski definition) is 2. The van der Waals surface area contributed by atoms with E-state index in [2.05, 4.69) is 27.7 Å². The van der Waals surface area contributed by atoms with Crippen molar-refractivity contribution in [3.8, 4) is 0 Å². The Morgan fingerprint density at radius 1 is 1.35 bits per heavy atom. The van der Waals surface area contributed by atoms with E-state index in [-0.39, 0.29) is 5.91 Å². The average molecular weight is 265 g/mol. The van der Waals surface area contributed by atoms with Crippen LogP contribution in [0.4, 0.5) is 0 Å². The van der Waals surface area contributed by atoms with E-state index < -0.39 is 0 Å². The third-order valence-electron chi connectivity index (χ3n) is 4.30. The lowest BCUT2D eigenvalue weighted by Crippen LogP contribution is -2.35. The lowest BCUT2D eigenvalue weighted by molar-refractivity contribution is 0.0955. The zero-order chi connectivity index (χ0) is 13.5. The van der Waals surface area contributed by atoms with Crippen LogP contribution in [0.3, 0.4) is 0 Å². The first kappa shape index (κ1) is 11.5. The number of allylic oxidation sites excluding steroid dienone is 2. The number of carbonyl (C=O) groups is 1. The summed E-state index contributed by atoms with van der Waals surface area (Å²) in [6.45, 7) is 0. The highest BCUT2D eigenvalue weighted by Gasteiger charge is 2.38. The molecule has 1 saturated carbocycles. The van der Waals surface area contributed by atoms with Crippen LogP contribution < -0.4 is 5.43 Å². The van der Waals surface area contributed by atoms with Crippen molar-refractivity contribution >= 4 is 22.5 Å². The molecule has 0 bridgehead atoms. The maximum atomic E-state index is 12.2. The standard InChI is InChI=1S/C16H15N3O/c20-16(13-9-17-14-7-2-1-5-12(13)14)19-18-15-8-10-4-3-6-11(10)15/h1-5,7,9-11,17H,6,8H2,(H,19,20)/t10-,11-/m0/s1. The number of carbonyl (C=O) groups excluding carboxylic acids is 1. The monoisotopic (exact) mass is 265 g/mol. The second-order valence-corrected chi connectivity index (χ2v) is 5.43. The van der Waals surface area contributed by atoms with E-state index in [0.717, 1.165) is 29.5 Å². The molecule has 2 aliphatic rings. The van der Waals surface area contributed by atoms with E-state index in [0.29, 0.717) is 17.4 Å². The molecule has 2 N–H and O–H groups in total. The highest BCUT2D eigenvalue weighted by atomic mass is 16.2. The quantitative estimate of drug-likeness (QED) is 0.636. The van der Waals surface area contributed by atoms with Gasteiger partial charge in [0.2, 0.25) is 0 Å². The highest BCUT2D eigenvalue weighted by molar-refractivity contribution is 6.07. The molecule has 4 heteroatoms. The van der Waals surface area contributed by atoms with Gasteiger partial charge in [0.25, 0.3) is 5.91 Å². The largest absolute Gasteiger partial charge is 0.360 e. The Morgan fingerprint density at radius 3 is 3.15 bits per heavy atom. The van der Waals surface area contributed by atoms with E-state index in [1.807, 2.05) is 24.3 Å². The molecule has 0 saturated heterocycles. The maximum absolute atomic E-state index is 12.2. The fourth-order valence-electron chi connectivity index (χ4n) is 3.11. The summed E-state index contributed by atoms with van der Waals surface area (Å²) in [4.78, 5) is 15.3. The van der Waals surface area contributed by atoms with Crippen LogP contribution in [0.1, 0.15) is 23.2 Å². The first-order valence-corrected chi connectivity index (χ1v) is 6.92. The minimum Gasteiger partial charge on any atom is -0.360 e. The van der Waals surface area contributed by atoms with Gasteiger partial charge in [0.05, 0.1) is 5.56 Å². The van der Waals surface area contributed by atoms with Crippen molar-refractivity contribution in [2.45, 2.75) is 12.8 Å². The maximum Gasteiger partial charge on any atom is 0.273 e. The molecule has 1 fully saturated rings. The Morgan fingerprint density at radius 2 is 2.25 bits per heavy atom. The summed E-state index contributed by atoms with van der Waals surface area (Å²) >= 11 is 0. The molecule has 100 valence electrons. The number of aromatic nitrogens is 1. The SMILES string of the molecule is O=C(NN=C1C[C@@H]2C=CC[C@H]12)c1c[nH]c2ccccc12. The van der Waals surface area contributed by atoms with E-state index >= 15 is 0 Å². The summed E-state index contributed by atoms with van der Waals surface area (Å²) in [5.41, 5.74) is 5.42. The fourth-order valence-corrected chi connectivity index (χ4v) is 3.11. The van der Waals surface area contributed by atoms with E-state index in [4.69, 9.17) is 0 Å². The van der Waals surface area contributed by atoms with Crippen molar-refractivity contribution in [1.82, 2.24) is 10.4 Å². The molecular formula is C16H15N3O. The first-order chi connectivity index (χ1) is 9.83. The van der Waals surface area contributed by atoms with Crippen molar-refractivity contribution in [2.75, 3.05) is 0 Å². The third kappa shape index (κ3) is 1.68. The smallest absolute Gasteiger partial charge is 0.273 e. The van der Waals surface area contributed by atoms with Crippen molar-refractivity contribution in [3.63, 3.8) is 0 Å². The Balaban J connectivity index is 1.52. The van der Waals surface area contributed by atoms with Crippen LogP contribution in [-0.4, -0.2) is 16.6 Å². The van der Waals surface area contributed by atoms with Gasteiger partial charge in [0.1, 0.15) is 0 Å². The van der Waals surface area contributed by atoms with Crippen LogP contribution in [0.5, 0.6) is 0 Å². The summed E-state index contributed by atoms with van der Waals surface area (Å²) in [6.07, 6.45) is 8.24. The van der Waals surface area contributed by atoms with Crippen molar-refractivity contribution < 1.29 is 4.79 Å². The zero-order valence-electron chi connectivity index (χ0n) is 11.0. The number of fused-ring (bicyclic) bond motifs is 2. The summed E-state index contributed by atoms with van der Waals surface area (Å²) in [7, 11) is 0. The molecule has 20 heavy (non-hydrogen) atoms. The normalized spacial score (nSPS) is 25.7. The van der Waals surface area contributed by atoms with Crippen LogP contribution in [0.15, 0.2) is 47.7 Å². The van der Waals surface area contributed by atoms with E-state index in [9.17, 15) is 4.79 Å². The number of hydrogen-bond donors (Lipinski definition) is 2. The van der Waals surface area contributed by atoms with Crippen molar-refractivity contribution in [2.24, 2.45) is 16.9 Å². The predicted molar refractivity (Wildman–Crippen MR) is 78.6 cm³/mol. The first-order valence-electron chi connectivity index (χ1n) is 6.92. The van der Waals surface area contributed by atoms with Gasteiger partial charge in [-0.1, -0.05) is 30.4 Å². The summed E-state index contributed by atoms with van der Waals surface area (Å²) < 4.78 is 0. The number of benzene rings is 1. The molecule has 1 aromatic carbocycles. The minimum atomic E-state index is -0.149. The molecule has 1 aromatic heterocycles. The van der Waals surface area contributed by atoms with Gasteiger partial charge in [-0.05, 0) is 24.8 Å². The molecule has 1 amide bonds. The van der Waals surface area contributed by atoms with Gasteiger partial charge in [-0.25, -0.2) is 5.43 Å². The Hall–Kier alpha value is -2.36. The second kappa shape index (κ2) is 4.34. The lowest BCUT2D eigenvalue weighted by Gasteiger charge is -2.31. The molecule has 4 nitrogen and oxygen atoms in total. The molecule has 2 atom stereocenters. The van der Waals surface area contributed by atoms with Gasteiger partial charge in [-0.2, -0.15) is 5.10 Å². The van der Waals surface area contributed by atoms with Crippen LogP contribution in [0.25, 0.3) is 10.9 Å². The molecule has 0 spiro atoms. The summed E-state index contributed by atoms with van der Waals surface area (Å²) in [5, 5.41) is 5.23. The van der Waals surface area contributed by atoms with Crippen LogP contribution in [0.2, 0.25) is 0 Å². The number of nitrogens with one attached hydrogen (secondary N) is 2. The Labute approximate surface area is 116 Å². The van der Waals surface area contributed by atoms with E-state index in [1.54, 1.807) is 6.20 Å². The van der Waals surface area contributed by atoms with Gasteiger partial charge >= 0.3 is 0 Å². The zero-order valence-corrected chi connectivity index (χ0v) is 11.0. The minimum absolute atomic E-state index is 0.149. The van der Waals surface area contributed by atoms with Gasteiger partial charge < -0.3 is 4.98 Å². The molecule has 2 aliphatic carbocycles. The fraction of sp³-hybridized carbons (Fsp3) is 0.250.